The van der Waals surface area contributed by atoms with Crippen molar-refractivity contribution in [3.05, 3.63) is 0 Å². The molecule has 98 valence electrons. The SMILES string of the molecule is CC(=O)N1CCC(NC(C)C(=O)N(C)C)CC1. The zero-order valence-corrected chi connectivity index (χ0v) is 11.2. The van der Waals surface area contributed by atoms with Gasteiger partial charge in [0.2, 0.25) is 11.8 Å². The molecule has 0 bridgehead atoms. The standard InChI is InChI=1S/C12H23N3O2/c1-9(12(17)14(3)4)13-11-5-7-15(8-6-11)10(2)16/h9,11,13H,5-8H2,1-4H3. The van der Waals surface area contributed by atoms with Gasteiger partial charge >= 0.3 is 0 Å². The van der Waals surface area contributed by atoms with Gasteiger partial charge in [-0.05, 0) is 19.8 Å². The molecule has 1 N–H and O–H groups in total. The summed E-state index contributed by atoms with van der Waals surface area (Å²) in [5, 5.41) is 3.33. The van der Waals surface area contributed by atoms with Crippen molar-refractivity contribution in [2.75, 3.05) is 27.2 Å². The lowest BCUT2D eigenvalue weighted by molar-refractivity contribution is -0.132. The van der Waals surface area contributed by atoms with Crippen LogP contribution in [0.25, 0.3) is 0 Å². The summed E-state index contributed by atoms with van der Waals surface area (Å²) in [5.41, 5.74) is 0. The zero-order valence-electron chi connectivity index (χ0n) is 11.2. The fourth-order valence-corrected chi connectivity index (χ4v) is 2.17. The van der Waals surface area contributed by atoms with E-state index in [1.54, 1.807) is 25.9 Å². The number of amides is 2. The van der Waals surface area contributed by atoms with E-state index >= 15 is 0 Å². The molecule has 1 aliphatic heterocycles. The third-order valence-electron chi connectivity index (χ3n) is 3.24. The lowest BCUT2D eigenvalue weighted by Crippen LogP contribution is -2.50. The predicted octanol–water partition coefficient (Wildman–Crippen LogP) is 0.0636. The van der Waals surface area contributed by atoms with Crippen LogP contribution >= 0.6 is 0 Å². The van der Waals surface area contributed by atoms with Gasteiger partial charge < -0.3 is 15.1 Å². The Balaban J connectivity index is 2.35. The molecule has 2 amide bonds. The van der Waals surface area contributed by atoms with E-state index in [4.69, 9.17) is 0 Å². The Morgan fingerprint density at radius 3 is 2.24 bits per heavy atom. The van der Waals surface area contributed by atoms with Gasteiger partial charge in [-0.2, -0.15) is 0 Å². The smallest absolute Gasteiger partial charge is 0.238 e. The van der Waals surface area contributed by atoms with Gasteiger partial charge in [0.25, 0.3) is 0 Å². The summed E-state index contributed by atoms with van der Waals surface area (Å²) >= 11 is 0. The Labute approximate surface area is 103 Å². The van der Waals surface area contributed by atoms with Crippen molar-refractivity contribution in [3.8, 4) is 0 Å². The van der Waals surface area contributed by atoms with E-state index < -0.39 is 0 Å². The second-order valence-corrected chi connectivity index (χ2v) is 4.90. The number of likely N-dealkylation sites (N-methyl/N-ethyl adjacent to an activating group) is 1. The third-order valence-corrected chi connectivity index (χ3v) is 3.24. The highest BCUT2D eigenvalue weighted by Gasteiger charge is 2.24. The maximum absolute atomic E-state index is 11.7. The van der Waals surface area contributed by atoms with Crippen molar-refractivity contribution in [1.82, 2.24) is 15.1 Å². The molecule has 1 unspecified atom stereocenters. The Morgan fingerprint density at radius 1 is 1.29 bits per heavy atom. The van der Waals surface area contributed by atoms with E-state index in [2.05, 4.69) is 5.32 Å². The zero-order chi connectivity index (χ0) is 13.0. The fourth-order valence-electron chi connectivity index (χ4n) is 2.17. The van der Waals surface area contributed by atoms with Crippen molar-refractivity contribution in [1.29, 1.82) is 0 Å². The molecule has 1 fully saturated rings. The summed E-state index contributed by atoms with van der Waals surface area (Å²) in [5.74, 6) is 0.236. The minimum atomic E-state index is -0.154. The van der Waals surface area contributed by atoms with Crippen LogP contribution in [0.2, 0.25) is 0 Å². The third kappa shape index (κ3) is 4.00. The molecule has 0 saturated carbocycles. The van der Waals surface area contributed by atoms with Crippen LogP contribution in [0.1, 0.15) is 26.7 Å². The minimum Gasteiger partial charge on any atom is -0.347 e. The average molecular weight is 241 g/mol. The summed E-state index contributed by atoms with van der Waals surface area (Å²) < 4.78 is 0. The van der Waals surface area contributed by atoms with E-state index in [1.165, 1.54) is 0 Å². The first-order valence-corrected chi connectivity index (χ1v) is 6.14. The number of hydrogen-bond donors (Lipinski definition) is 1. The molecule has 17 heavy (non-hydrogen) atoms. The average Bonchev–Trinajstić information content (AvgIpc) is 2.28. The van der Waals surface area contributed by atoms with Crippen LogP contribution < -0.4 is 5.32 Å². The quantitative estimate of drug-likeness (QED) is 0.760. The Hall–Kier alpha value is -1.10. The monoisotopic (exact) mass is 241 g/mol. The molecule has 1 rings (SSSR count). The molecule has 1 saturated heterocycles. The molecule has 1 atom stereocenters. The van der Waals surface area contributed by atoms with Gasteiger partial charge in [0.1, 0.15) is 0 Å². The first-order valence-electron chi connectivity index (χ1n) is 6.14. The Kier molecular flexibility index (Phi) is 4.93. The van der Waals surface area contributed by atoms with E-state index in [9.17, 15) is 9.59 Å². The summed E-state index contributed by atoms with van der Waals surface area (Å²) in [6, 6.07) is 0.184. The van der Waals surface area contributed by atoms with Gasteiger partial charge in [0.15, 0.2) is 0 Å². The van der Waals surface area contributed by atoms with Crippen molar-refractivity contribution < 1.29 is 9.59 Å². The number of hydrogen-bond acceptors (Lipinski definition) is 3. The first-order chi connectivity index (χ1) is 7.91. The molecule has 0 aromatic rings. The molecule has 0 radical (unpaired) electrons. The predicted molar refractivity (Wildman–Crippen MR) is 66.6 cm³/mol. The van der Waals surface area contributed by atoms with Crippen LogP contribution in [0.15, 0.2) is 0 Å². The molecule has 1 aliphatic rings. The lowest BCUT2D eigenvalue weighted by Gasteiger charge is -2.33. The number of carbonyl (C=O) groups is 2. The van der Waals surface area contributed by atoms with Crippen LogP contribution in [-0.4, -0.2) is 60.9 Å². The maximum atomic E-state index is 11.7. The van der Waals surface area contributed by atoms with Crippen LogP contribution in [0.5, 0.6) is 0 Å². The van der Waals surface area contributed by atoms with Crippen LogP contribution in [-0.2, 0) is 9.59 Å². The normalized spacial score (nSPS) is 18.9. The topological polar surface area (TPSA) is 52.7 Å². The van der Waals surface area contributed by atoms with Crippen LogP contribution in [0.4, 0.5) is 0 Å². The summed E-state index contributed by atoms with van der Waals surface area (Å²) in [7, 11) is 3.53. The number of piperidine rings is 1. The fraction of sp³-hybridized carbons (Fsp3) is 0.833. The number of nitrogens with one attached hydrogen (secondary N) is 1. The second kappa shape index (κ2) is 6.00. The molecule has 0 spiro atoms. The summed E-state index contributed by atoms with van der Waals surface area (Å²) in [4.78, 5) is 26.3. The van der Waals surface area contributed by atoms with Gasteiger partial charge in [0, 0.05) is 40.2 Å². The van der Waals surface area contributed by atoms with Crippen LogP contribution in [0, 0.1) is 0 Å². The minimum absolute atomic E-state index is 0.0963. The van der Waals surface area contributed by atoms with Gasteiger partial charge in [-0.3, -0.25) is 9.59 Å². The molecule has 0 aromatic heterocycles. The molecule has 1 heterocycles. The summed E-state index contributed by atoms with van der Waals surface area (Å²) in [6.07, 6.45) is 1.84. The van der Waals surface area contributed by atoms with Gasteiger partial charge in [-0.15, -0.1) is 0 Å². The molecular weight excluding hydrogens is 218 g/mol. The molecule has 0 aliphatic carbocycles. The number of carbonyl (C=O) groups excluding carboxylic acids is 2. The highest BCUT2D eigenvalue weighted by molar-refractivity contribution is 5.80. The molecule has 0 aromatic carbocycles. The molecule has 5 nitrogen and oxygen atoms in total. The van der Waals surface area contributed by atoms with E-state index in [0.29, 0.717) is 6.04 Å². The van der Waals surface area contributed by atoms with Gasteiger partial charge in [0.05, 0.1) is 6.04 Å². The van der Waals surface area contributed by atoms with Crippen molar-refractivity contribution in [3.63, 3.8) is 0 Å². The van der Waals surface area contributed by atoms with Crippen LogP contribution in [0.3, 0.4) is 0 Å². The molecule has 5 heteroatoms. The number of likely N-dealkylation sites (tertiary alicyclic amines) is 1. The number of rotatable bonds is 3. The largest absolute Gasteiger partial charge is 0.347 e. The van der Waals surface area contributed by atoms with E-state index in [0.717, 1.165) is 25.9 Å². The number of nitrogens with zero attached hydrogens (tertiary/aromatic N) is 2. The Bertz CT molecular complexity index is 283. The van der Waals surface area contributed by atoms with E-state index in [-0.39, 0.29) is 17.9 Å². The van der Waals surface area contributed by atoms with Gasteiger partial charge in [-0.25, -0.2) is 0 Å². The van der Waals surface area contributed by atoms with Crippen molar-refractivity contribution in [2.24, 2.45) is 0 Å². The lowest BCUT2D eigenvalue weighted by atomic mass is 10.0. The first kappa shape index (κ1) is 14.0. The maximum Gasteiger partial charge on any atom is 0.238 e. The summed E-state index contributed by atoms with van der Waals surface area (Å²) in [6.45, 7) is 5.07. The van der Waals surface area contributed by atoms with Gasteiger partial charge in [-0.1, -0.05) is 0 Å². The van der Waals surface area contributed by atoms with E-state index in [1.807, 2.05) is 11.8 Å². The van der Waals surface area contributed by atoms with Crippen molar-refractivity contribution in [2.45, 2.75) is 38.8 Å². The Morgan fingerprint density at radius 2 is 1.82 bits per heavy atom. The van der Waals surface area contributed by atoms with Crippen molar-refractivity contribution >= 4 is 11.8 Å². The highest BCUT2D eigenvalue weighted by Crippen LogP contribution is 2.11. The highest BCUT2D eigenvalue weighted by atomic mass is 16.2. The second-order valence-electron chi connectivity index (χ2n) is 4.90. The molecular formula is C12H23N3O2.